The normalized spacial score (nSPS) is 11.0. The third kappa shape index (κ3) is 5.62. The lowest BCUT2D eigenvalue weighted by molar-refractivity contribution is -0.113. The second kappa shape index (κ2) is 10.6. The maximum atomic E-state index is 13.0. The summed E-state index contributed by atoms with van der Waals surface area (Å²) in [4.78, 5) is 30.0. The predicted octanol–water partition coefficient (Wildman–Crippen LogP) is 4.38. The third-order valence-electron chi connectivity index (χ3n) is 4.59. The molecule has 0 aliphatic carbocycles. The number of anilines is 1. The molecule has 0 aliphatic heterocycles. The van der Waals surface area contributed by atoms with Crippen molar-refractivity contribution in [3.63, 3.8) is 0 Å². The van der Waals surface area contributed by atoms with Gasteiger partial charge < -0.3 is 10.1 Å². The molecule has 0 unspecified atom stereocenters. The van der Waals surface area contributed by atoms with Crippen LogP contribution in [-0.4, -0.2) is 34.9 Å². The van der Waals surface area contributed by atoms with Crippen molar-refractivity contribution < 1.29 is 9.53 Å². The van der Waals surface area contributed by atoms with E-state index in [0.717, 1.165) is 12.1 Å². The van der Waals surface area contributed by atoms with E-state index in [2.05, 4.69) is 17.2 Å². The van der Waals surface area contributed by atoms with Gasteiger partial charge in [0.25, 0.3) is 5.56 Å². The van der Waals surface area contributed by atoms with Crippen LogP contribution in [-0.2, 0) is 22.5 Å². The minimum absolute atomic E-state index is 0.137. The van der Waals surface area contributed by atoms with E-state index in [1.165, 1.54) is 17.3 Å². The summed E-state index contributed by atoms with van der Waals surface area (Å²) in [5, 5.41) is 4.38. The summed E-state index contributed by atoms with van der Waals surface area (Å²) in [6.07, 6.45) is 1.61. The van der Waals surface area contributed by atoms with Gasteiger partial charge in [-0.3, -0.25) is 14.2 Å². The number of thioether (sulfide) groups is 1. The number of aryl methyl sites for hydroxylation is 1. The Balaban J connectivity index is 1.79. The summed E-state index contributed by atoms with van der Waals surface area (Å²) in [5.74, 6) is -0.0219. The Kier molecular flexibility index (Phi) is 7.90. The van der Waals surface area contributed by atoms with Crippen LogP contribution in [0.1, 0.15) is 18.9 Å². The molecule has 0 saturated carbocycles. The summed E-state index contributed by atoms with van der Waals surface area (Å²) in [5.41, 5.74) is 2.33. The van der Waals surface area contributed by atoms with Gasteiger partial charge in [-0.05, 0) is 48.7 Å². The Morgan fingerprint density at radius 3 is 2.70 bits per heavy atom. The van der Waals surface area contributed by atoms with Crippen LogP contribution in [0.5, 0.6) is 0 Å². The number of methoxy groups -OCH3 is 1. The topological polar surface area (TPSA) is 73.2 Å². The van der Waals surface area contributed by atoms with E-state index in [1.807, 2.05) is 24.3 Å². The number of fused-ring (bicyclic) bond motifs is 1. The molecule has 0 radical (unpaired) electrons. The van der Waals surface area contributed by atoms with E-state index in [1.54, 1.807) is 29.9 Å². The molecule has 0 saturated heterocycles. The summed E-state index contributed by atoms with van der Waals surface area (Å²) >= 11 is 7.30. The number of aromatic nitrogens is 2. The number of benzene rings is 2. The van der Waals surface area contributed by atoms with Crippen molar-refractivity contribution in [3.05, 3.63) is 63.4 Å². The molecule has 8 heteroatoms. The Bertz CT molecular complexity index is 1080. The molecule has 0 fully saturated rings. The van der Waals surface area contributed by atoms with Crippen molar-refractivity contribution in [1.29, 1.82) is 0 Å². The number of nitrogens with one attached hydrogen (secondary N) is 1. The van der Waals surface area contributed by atoms with E-state index in [-0.39, 0.29) is 17.2 Å². The standard InChI is InChI=1S/C22H24ClN3O3S/c1-3-15-5-8-17(9-6-15)24-20(27)14-30-22-25-19-13-16(23)7-10-18(19)21(28)26(22)11-4-12-29-2/h5-10,13H,3-4,11-12,14H2,1-2H3,(H,24,27). The van der Waals surface area contributed by atoms with Gasteiger partial charge in [-0.2, -0.15) is 0 Å². The first-order valence-corrected chi connectivity index (χ1v) is 11.1. The SMILES string of the molecule is CCc1ccc(NC(=O)CSc2nc3cc(Cl)ccc3c(=O)n2CCCOC)cc1. The zero-order valence-electron chi connectivity index (χ0n) is 17.0. The van der Waals surface area contributed by atoms with Gasteiger partial charge in [0.1, 0.15) is 0 Å². The number of rotatable bonds is 9. The van der Waals surface area contributed by atoms with E-state index < -0.39 is 0 Å². The van der Waals surface area contributed by atoms with Gasteiger partial charge >= 0.3 is 0 Å². The average Bonchev–Trinajstić information content (AvgIpc) is 2.74. The van der Waals surface area contributed by atoms with Crippen LogP contribution in [0.4, 0.5) is 5.69 Å². The maximum absolute atomic E-state index is 13.0. The summed E-state index contributed by atoms with van der Waals surface area (Å²) in [6.45, 7) is 3.07. The monoisotopic (exact) mass is 445 g/mol. The van der Waals surface area contributed by atoms with Crippen LogP contribution in [0.25, 0.3) is 10.9 Å². The molecule has 30 heavy (non-hydrogen) atoms. The molecule has 0 spiro atoms. The fourth-order valence-electron chi connectivity index (χ4n) is 3.00. The second-order valence-electron chi connectivity index (χ2n) is 6.75. The quantitative estimate of drug-likeness (QED) is 0.300. The zero-order valence-corrected chi connectivity index (χ0v) is 18.6. The lowest BCUT2D eigenvalue weighted by Gasteiger charge is -2.13. The van der Waals surface area contributed by atoms with Crippen molar-refractivity contribution >= 4 is 45.9 Å². The van der Waals surface area contributed by atoms with Crippen molar-refractivity contribution in [2.24, 2.45) is 0 Å². The largest absolute Gasteiger partial charge is 0.385 e. The maximum Gasteiger partial charge on any atom is 0.262 e. The van der Waals surface area contributed by atoms with Gasteiger partial charge in [0, 0.05) is 31.0 Å². The molecule has 0 atom stereocenters. The van der Waals surface area contributed by atoms with Gasteiger partial charge in [0.2, 0.25) is 5.91 Å². The van der Waals surface area contributed by atoms with Crippen molar-refractivity contribution in [1.82, 2.24) is 9.55 Å². The fourth-order valence-corrected chi connectivity index (χ4v) is 3.99. The molecule has 3 rings (SSSR count). The lowest BCUT2D eigenvalue weighted by atomic mass is 10.1. The first-order chi connectivity index (χ1) is 14.5. The number of hydrogen-bond acceptors (Lipinski definition) is 5. The molecule has 6 nitrogen and oxygen atoms in total. The van der Waals surface area contributed by atoms with E-state index in [4.69, 9.17) is 16.3 Å². The molecule has 0 aliphatic rings. The van der Waals surface area contributed by atoms with E-state index in [9.17, 15) is 9.59 Å². The minimum Gasteiger partial charge on any atom is -0.385 e. The van der Waals surface area contributed by atoms with Crippen LogP contribution >= 0.6 is 23.4 Å². The first-order valence-electron chi connectivity index (χ1n) is 9.72. The number of halogens is 1. The number of ether oxygens (including phenoxy) is 1. The van der Waals surface area contributed by atoms with Gasteiger partial charge in [0.05, 0.1) is 16.7 Å². The molecule has 3 aromatic rings. The van der Waals surface area contributed by atoms with Crippen LogP contribution < -0.4 is 10.9 Å². The average molecular weight is 446 g/mol. The molecule has 158 valence electrons. The number of amides is 1. The summed E-state index contributed by atoms with van der Waals surface area (Å²) in [6, 6.07) is 12.8. The minimum atomic E-state index is -0.159. The molecule has 1 aromatic heterocycles. The molecule has 1 N–H and O–H groups in total. The van der Waals surface area contributed by atoms with Crippen LogP contribution in [0, 0.1) is 0 Å². The summed E-state index contributed by atoms with van der Waals surface area (Å²) in [7, 11) is 1.62. The molecule has 1 amide bonds. The Morgan fingerprint density at radius 2 is 2.00 bits per heavy atom. The zero-order chi connectivity index (χ0) is 21.5. The Labute approximate surface area is 184 Å². The second-order valence-corrected chi connectivity index (χ2v) is 8.13. The predicted molar refractivity (Wildman–Crippen MR) is 123 cm³/mol. The van der Waals surface area contributed by atoms with Crippen molar-refractivity contribution in [3.8, 4) is 0 Å². The number of hydrogen-bond donors (Lipinski definition) is 1. The first kappa shape index (κ1) is 22.3. The van der Waals surface area contributed by atoms with Gasteiger partial charge in [-0.1, -0.05) is 42.4 Å². The van der Waals surface area contributed by atoms with Crippen LogP contribution in [0.2, 0.25) is 5.02 Å². The number of carbonyl (C=O) groups is 1. The van der Waals surface area contributed by atoms with Crippen molar-refractivity contribution in [2.75, 3.05) is 24.8 Å². The van der Waals surface area contributed by atoms with Crippen molar-refractivity contribution in [2.45, 2.75) is 31.5 Å². The Hall–Kier alpha value is -2.35. The Morgan fingerprint density at radius 1 is 1.23 bits per heavy atom. The molecular formula is C22H24ClN3O3S. The fraction of sp³-hybridized carbons (Fsp3) is 0.318. The molecule has 2 aromatic carbocycles. The molecule has 0 bridgehead atoms. The highest BCUT2D eigenvalue weighted by atomic mass is 35.5. The molecule has 1 heterocycles. The van der Waals surface area contributed by atoms with E-state index in [0.29, 0.717) is 40.7 Å². The third-order valence-corrected chi connectivity index (χ3v) is 5.80. The van der Waals surface area contributed by atoms with Gasteiger partial charge in [0.15, 0.2) is 5.16 Å². The van der Waals surface area contributed by atoms with Crippen LogP contribution in [0.15, 0.2) is 52.4 Å². The highest BCUT2D eigenvalue weighted by Crippen LogP contribution is 2.21. The molecular weight excluding hydrogens is 422 g/mol. The summed E-state index contributed by atoms with van der Waals surface area (Å²) < 4.78 is 6.70. The number of nitrogens with zero attached hydrogens (tertiary/aromatic N) is 2. The lowest BCUT2D eigenvalue weighted by Crippen LogP contribution is -2.25. The smallest absolute Gasteiger partial charge is 0.262 e. The highest BCUT2D eigenvalue weighted by molar-refractivity contribution is 7.99. The van der Waals surface area contributed by atoms with Gasteiger partial charge in [-0.15, -0.1) is 0 Å². The highest BCUT2D eigenvalue weighted by Gasteiger charge is 2.14. The number of carbonyl (C=O) groups excluding carboxylic acids is 1. The van der Waals surface area contributed by atoms with Crippen LogP contribution in [0.3, 0.4) is 0 Å². The van der Waals surface area contributed by atoms with Gasteiger partial charge in [-0.25, -0.2) is 4.98 Å². The van der Waals surface area contributed by atoms with E-state index >= 15 is 0 Å².